The van der Waals surface area contributed by atoms with Crippen LogP contribution in [0.25, 0.3) is 0 Å². The third kappa shape index (κ3) is 8.57. The smallest absolute Gasteiger partial charge is 0.194 e. The van der Waals surface area contributed by atoms with E-state index in [-0.39, 0.29) is 11.9 Å². The number of hydrogen-bond acceptors (Lipinski definition) is 4. The van der Waals surface area contributed by atoms with Crippen LogP contribution < -0.4 is 4.74 Å². The molecule has 3 aromatic carbocycles. The minimum atomic E-state index is -0.129. The van der Waals surface area contributed by atoms with Crippen LogP contribution in [0.2, 0.25) is 10.0 Å². The van der Waals surface area contributed by atoms with Gasteiger partial charge < -0.3 is 14.4 Å². The summed E-state index contributed by atoms with van der Waals surface area (Å²) in [4.78, 5) is 15.3. The molecule has 4 nitrogen and oxygen atoms in total. The molecular weight excluding hydrogens is 517 g/mol. The minimum Gasteiger partial charge on any atom is -0.493 e. The van der Waals surface area contributed by atoms with Crippen LogP contribution in [0.3, 0.4) is 0 Å². The third-order valence-electron chi connectivity index (χ3n) is 7.15. The molecule has 6 heteroatoms. The summed E-state index contributed by atoms with van der Waals surface area (Å²) >= 11 is 12.4. The van der Waals surface area contributed by atoms with Crippen molar-refractivity contribution < 1.29 is 14.3 Å². The summed E-state index contributed by atoms with van der Waals surface area (Å²) in [6.45, 7) is 6.66. The van der Waals surface area contributed by atoms with Gasteiger partial charge in [0.1, 0.15) is 5.75 Å². The molecule has 0 bridgehead atoms. The summed E-state index contributed by atoms with van der Waals surface area (Å²) in [7, 11) is 0. The second kappa shape index (κ2) is 14.7. The highest BCUT2D eigenvalue weighted by atomic mass is 35.5. The Balaban J connectivity index is 1.22. The Kier molecular flexibility index (Phi) is 11.1. The summed E-state index contributed by atoms with van der Waals surface area (Å²) in [6, 6.07) is 22.5. The largest absolute Gasteiger partial charge is 0.493 e. The van der Waals surface area contributed by atoms with E-state index >= 15 is 0 Å². The summed E-state index contributed by atoms with van der Waals surface area (Å²) in [5.74, 6) is 1.06. The van der Waals surface area contributed by atoms with Gasteiger partial charge in [-0.05, 0) is 86.3 Å². The number of halogens is 2. The van der Waals surface area contributed by atoms with Gasteiger partial charge in [0.15, 0.2) is 5.78 Å². The van der Waals surface area contributed by atoms with E-state index in [4.69, 9.17) is 32.7 Å². The number of piperidine rings is 1. The molecule has 1 aliphatic heterocycles. The van der Waals surface area contributed by atoms with E-state index in [0.29, 0.717) is 46.1 Å². The predicted molar refractivity (Wildman–Crippen MR) is 156 cm³/mol. The molecule has 0 saturated carbocycles. The normalized spacial score (nSPS) is 15.3. The standard InChI is InChI=1S/C32H37Cl2NO3/c1-2-3-9-29(38-22-24-7-5-4-6-8-24)21-35-18-16-25(17-19-35)23-37-28-14-15-30(31(34)20-28)32(36)26-10-12-27(33)13-11-26/h4-8,10-15,20,25,29H,2-3,9,16-19,21-23H2,1H3/t29-/m0/s1. The van der Waals surface area contributed by atoms with Gasteiger partial charge in [0.25, 0.3) is 0 Å². The molecular formula is C32H37Cl2NO3. The van der Waals surface area contributed by atoms with Crippen molar-refractivity contribution in [2.24, 2.45) is 5.92 Å². The lowest BCUT2D eigenvalue weighted by molar-refractivity contribution is 0.000707. The number of ketones is 1. The molecule has 0 radical (unpaired) electrons. The molecule has 1 heterocycles. The van der Waals surface area contributed by atoms with Crippen molar-refractivity contribution in [3.63, 3.8) is 0 Å². The molecule has 38 heavy (non-hydrogen) atoms. The zero-order valence-electron chi connectivity index (χ0n) is 22.1. The molecule has 1 atom stereocenters. The molecule has 1 aliphatic rings. The van der Waals surface area contributed by atoms with Crippen LogP contribution in [0.5, 0.6) is 5.75 Å². The van der Waals surface area contributed by atoms with E-state index in [1.54, 1.807) is 36.4 Å². The van der Waals surface area contributed by atoms with Gasteiger partial charge in [0.05, 0.1) is 24.3 Å². The minimum absolute atomic E-state index is 0.129. The maximum atomic E-state index is 12.8. The van der Waals surface area contributed by atoms with Gasteiger partial charge in [-0.1, -0.05) is 73.3 Å². The SMILES string of the molecule is CCCC[C@@H](CN1CCC(COc2ccc(C(=O)c3ccc(Cl)cc3)c(Cl)c2)CC1)OCc1ccccc1. The van der Waals surface area contributed by atoms with Gasteiger partial charge in [-0.25, -0.2) is 0 Å². The van der Waals surface area contributed by atoms with Crippen LogP contribution in [0.1, 0.15) is 60.5 Å². The average molecular weight is 555 g/mol. The quantitative estimate of drug-likeness (QED) is 0.200. The Morgan fingerprint density at radius 3 is 2.42 bits per heavy atom. The van der Waals surface area contributed by atoms with Crippen LogP contribution in [0.15, 0.2) is 72.8 Å². The van der Waals surface area contributed by atoms with Crippen molar-refractivity contribution >= 4 is 29.0 Å². The maximum absolute atomic E-state index is 12.8. The van der Waals surface area contributed by atoms with Crippen molar-refractivity contribution in [2.45, 2.75) is 51.7 Å². The first-order valence-electron chi connectivity index (χ1n) is 13.6. The van der Waals surface area contributed by atoms with Crippen LogP contribution in [-0.4, -0.2) is 43.0 Å². The number of hydrogen-bond donors (Lipinski definition) is 0. The zero-order chi connectivity index (χ0) is 26.7. The topological polar surface area (TPSA) is 38.8 Å². The fourth-order valence-electron chi connectivity index (χ4n) is 4.81. The maximum Gasteiger partial charge on any atom is 0.194 e. The molecule has 0 N–H and O–H groups in total. The molecule has 4 rings (SSSR count). The first kappa shape index (κ1) is 28.6. The lowest BCUT2D eigenvalue weighted by atomic mass is 9.97. The fourth-order valence-corrected chi connectivity index (χ4v) is 5.19. The molecule has 0 aromatic heterocycles. The Bertz CT molecular complexity index is 1150. The van der Waals surface area contributed by atoms with Crippen LogP contribution in [0.4, 0.5) is 0 Å². The highest BCUT2D eigenvalue weighted by Gasteiger charge is 2.23. The van der Waals surface area contributed by atoms with Crippen LogP contribution in [-0.2, 0) is 11.3 Å². The molecule has 0 spiro atoms. The Hall–Kier alpha value is -2.37. The highest BCUT2D eigenvalue weighted by Crippen LogP contribution is 2.27. The summed E-state index contributed by atoms with van der Waals surface area (Å²) in [6.07, 6.45) is 5.93. The van der Waals surface area contributed by atoms with E-state index in [9.17, 15) is 4.79 Å². The second-order valence-corrected chi connectivity index (χ2v) is 10.9. The van der Waals surface area contributed by atoms with Crippen LogP contribution >= 0.6 is 23.2 Å². The molecule has 0 aliphatic carbocycles. The Morgan fingerprint density at radius 2 is 1.74 bits per heavy atom. The number of benzene rings is 3. The van der Waals surface area contributed by atoms with E-state index in [1.807, 2.05) is 12.1 Å². The molecule has 3 aromatic rings. The number of likely N-dealkylation sites (tertiary alicyclic amines) is 1. The van der Waals surface area contributed by atoms with Gasteiger partial charge >= 0.3 is 0 Å². The number of nitrogens with zero attached hydrogens (tertiary/aromatic N) is 1. The molecule has 0 amide bonds. The van der Waals surface area contributed by atoms with Crippen molar-refractivity contribution in [1.82, 2.24) is 4.90 Å². The van der Waals surface area contributed by atoms with Crippen molar-refractivity contribution in [3.05, 3.63) is 99.5 Å². The lowest BCUT2D eigenvalue weighted by Gasteiger charge is -2.34. The summed E-state index contributed by atoms with van der Waals surface area (Å²) in [5.41, 5.74) is 2.24. The van der Waals surface area contributed by atoms with Gasteiger partial charge in [-0.15, -0.1) is 0 Å². The number of rotatable bonds is 13. The van der Waals surface area contributed by atoms with Crippen molar-refractivity contribution in [3.8, 4) is 5.75 Å². The summed E-state index contributed by atoms with van der Waals surface area (Å²) < 4.78 is 12.4. The van der Waals surface area contributed by atoms with Crippen LogP contribution in [0, 0.1) is 5.92 Å². The van der Waals surface area contributed by atoms with Crippen molar-refractivity contribution in [1.29, 1.82) is 0 Å². The zero-order valence-corrected chi connectivity index (χ0v) is 23.6. The van der Waals surface area contributed by atoms with E-state index < -0.39 is 0 Å². The van der Waals surface area contributed by atoms with Crippen molar-refractivity contribution in [2.75, 3.05) is 26.2 Å². The second-order valence-electron chi connectivity index (χ2n) is 10.1. The first-order valence-corrected chi connectivity index (χ1v) is 14.4. The molecule has 0 unspecified atom stereocenters. The first-order chi connectivity index (χ1) is 18.5. The fraction of sp³-hybridized carbons (Fsp3) is 0.406. The van der Waals surface area contributed by atoms with E-state index in [0.717, 1.165) is 38.9 Å². The monoisotopic (exact) mass is 553 g/mol. The number of carbonyl (C=O) groups excluding carboxylic acids is 1. The van der Waals surface area contributed by atoms with Gasteiger partial charge in [0.2, 0.25) is 0 Å². The van der Waals surface area contributed by atoms with Gasteiger partial charge in [-0.3, -0.25) is 4.79 Å². The Labute approximate surface area is 236 Å². The molecule has 1 saturated heterocycles. The third-order valence-corrected chi connectivity index (χ3v) is 7.72. The average Bonchev–Trinajstić information content (AvgIpc) is 2.95. The summed E-state index contributed by atoms with van der Waals surface area (Å²) in [5, 5.41) is 0.987. The predicted octanol–water partition coefficient (Wildman–Crippen LogP) is 8.09. The Morgan fingerprint density at radius 1 is 1.00 bits per heavy atom. The van der Waals surface area contributed by atoms with Gasteiger partial charge in [0, 0.05) is 22.7 Å². The number of ether oxygens (including phenoxy) is 2. The number of unbranched alkanes of at least 4 members (excludes halogenated alkanes) is 1. The lowest BCUT2D eigenvalue weighted by Crippen LogP contribution is -2.40. The van der Waals surface area contributed by atoms with E-state index in [2.05, 4.69) is 36.1 Å². The van der Waals surface area contributed by atoms with E-state index in [1.165, 1.54) is 18.4 Å². The van der Waals surface area contributed by atoms with Gasteiger partial charge in [-0.2, -0.15) is 0 Å². The number of carbonyl (C=O) groups is 1. The molecule has 1 fully saturated rings. The highest BCUT2D eigenvalue weighted by molar-refractivity contribution is 6.35. The molecule has 202 valence electrons.